The summed E-state index contributed by atoms with van der Waals surface area (Å²) in [5, 5.41) is 2.63. The van der Waals surface area contributed by atoms with Crippen LogP contribution in [0, 0.1) is 18.3 Å². The van der Waals surface area contributed by atoms with Gasteiger partial charge in [-0.3, -0.25) is 4.79 Å². The van der Waals surface area contributed by atoms with E-state index in [-0.39, 0.29) is 17.1 Å². The number of terminal acetylenes is 1. The maximum Gasteiger partial charge on any atom is 0.233 e. The second kappa shape index (κ2) is 7.75. The Balaban J connectivity index is 3.50. The molecule has 0 spiro atoms. The summed E-state index contributed by atoms with van der Waals surface area (Å²) in [6.45, 7) is 4.66. The number of thiol groups is 1. The highest BCUT2D eigenvalue weighted by molar-refractivity contribution is 7.81. The number of carbonyl (C=O) groups is 1. The molecule has 2 nitrogen and oxygen atoms in total. The zero-order valence-corrected chi connectivity index (χ0v) is 9.81. The standard InChI is InChI=1S/C11H19NOS/c1-4-5-6-7-8-12-11(13)10(14)9(2)3/h1,9-10,14H,5-8H2,2-3H3,(H,12,13). The molecule has 0 rings (SSSR count). The molecule has 0 saturated heterocycles. The van der Waals surface area contributed by atoms with Crippen LogP contribution in [0.5, 0.6) is 0 Å². The summed E-state index contributed by atoms with van der Waals surface area (Å²) in [5.41, 5.74) is 0. The van der Waals surface area contributed by atoms with Crippen molar-refractivity contribution < 1.29 is 4.79 Å². The number of hydrogen-bond donors (Lipinski definition) is 2. The molecule has 0 aliphatic carbocycles. The van der Waals surface area contributed by atoms with E-state index in [4.69, 9.17) is 6.42 Å². The highest BCUT2D eigenvalue weighted by atomic mass is 32.1. The number of carbonyl (C=O) groups excluding carboxylic acids is 1. The highest BCUT2D eigenvalue weighted by Gasteiger charge is 2.16. The number of hydrogen-bond acceptors (Lipinski definition) is 2. The number of nitrogens with one attached hydrogen (secondary N) is 1. The minimum Gasteiger partial charge on any atom is -0.355 e. The van der Waals surface area contributed by atoms with Crippen LogP contribution in [0.2, 0.25) is 0 Å². The maximum atomic E-state index is 11.4. The lowest BCUT2D eigenvalue weighted by Crippen LogP contribution is -2.34. The van der Waals surface area contributed by atoms with E-state index in [1.165, 1.54) is 0 Å². The molecule has 0 aliphatic heterocycles. The fourth-order valence-corrected chi connectivity index (χ4v) is 1.06. The van der Waals surface area contributed by atoms with Crippen molar-refractivity contribution in [1.29, 1.82) is 0 Å². The van der Waals surface area contributed by atoms with Gasteiger partial charge in [-0.1, -0.05) is 13.8 Å². The summed E-state index contributed by atoms with van der Waals surface area (Å²) in [6.07, 6.45) is 7.80. The van der Waals surface area contributed by atoms with Gasteiger partial charge in [0.25, 0.3) is 0 Å². The predicted molar refractivity (Wildman–Crippen MR) is 63.3 cm³/mol. The summed E-state index contributed by atoms with van der Waals surface area (Å²) in [6, 6.07) is 0. The number of unbranched alkanes of at least 4 members (excludes halogenated alkanes) is 2. The van der Waals surface area contributed by atoms with Crippen LogP contribution in [-0.2, 0) is 4.79 Å². The fourth-order valence-electron chi connectivity index (χ4n) is 0.971. The van der Waals surface area contributed by atoms with Crippen molar-refractivity contribution in [2.75, 3.05) is 6.54 Å². The Hall–Kier alpha value is -0.620. The van der Waals surface area contributed by atoms with Crippen molar-refractivity contribution in [3.05, 3.63) is 0 Å². The fraction of sp³-hybridized carbons (Fsp3) is 0.727. The van der Waals surface area contributed by atoms with Gasteiger partial charge in [-0.2, -0.15) is 12.6 Å². The average molecular weight is 213 g/mol. The Morgan fingerprint density at radius 2 is 2.14 bits per heavy atom. The van der Waals surface area contributed by atoms with Crippen LogP contribution in [-0.4, -0.2) is 17.7 Å². The zero-order valence-electron chi connectivity index (χ0n) is 8.92. The van der Waals surface area contributed by atoms with Gasteiger partial charge < -0.3 is 5.32 Å². The molecule has 0 aromatic rings. The van der Waals surface area contributed by atoms with Gasteiger partial charge >= 0.3 is 0 Å². The second-order valence-corrected chi connectivity index (χ2v) is 4.20. The van der Waals surface area contributed by atoms with E-state index < -0.39 is 0 Å². The third kappa shape index (κ3) is 5.93. The minimum atomic E-state index is -0.206. The SMILES string of the molecule is C#CCCCCNC(=O)C(S)C(C)C. The number of rotatable bonds is 6. The summed E-state index contributed by atoms with van der Waals surface area (Å²) >= 11 is 4.22. The van der Waals surface area contributed by atoms with Gasteiger partial charge in [0.1, 0.15) is 0 Å². The van der Waals surface area contributed by atoms with E-state index in [1.807, 2.05) is 13.8 Å². The molecule has 0 fully saturated rings. The lowest BCUT2D eigenvalue weighted by atomic mass is 10.1. The molecule has 3 heteroatoms. The number of amides is 1. The van der Waals surface area contributed by atoms with Crippen LogP contribution in [0.1, 0.15) is 33.1 Å². The Morgan fingerprint density at radius 1 is 1.50 bits per heavy atom. The summed E-state index contributed by atoms with van der Waals surface area (Å²) in [7, 11) is 0. The van der Waals surface area contributed by atoms with Crippen LogP contribution in [0.3, 0.4) is 0 Å². The van der Waals surface area contributed by atoms with Gasteiger partial charge in [-0.15, -0.1) is 12.3 Å². The summed E-state index contributed by atoms with van der Waals surface area (Å²) in [4.78, 5) is 11.4. The van der Waals surface area contributed by atoms with Crippen LogP contribution in [0.15, 0.2) is 0 Å². The van der Waals surface area contributed by atoms with Crippen molar-refractivity contribution in [2.24, 2.45) is 5.92 Å². The Kier molecular flexibility index (Phi) is 7.41. The molecule has 1 amide bonds. The van der Waals surface area contributed by atoms with E-state index in [1.54, 1.807) is 0 Å². The molecule has 0 aromatic carbocycles. The van der Waals surface area contributed by atoms with Gasteiger partial charge in [0.2, 0.25) is 5.91 Å². The third-order valence-corrected chi connectivity index (χ3v) is 2.78. The van der Waals surface area contributed by atoms with Gasteiger partial charge in [-0.05, 0) is 18.8 Å². The van der Waals surface area contributed by atoms with E-state index in [9.17, 15) is 4.79 Å². The van der Waals surface area contributed by atoms with Crippen LogP contribution >= 0.6 is 12.6 Å². The predicted octanol–water partition coefficient (Wildman–Crippen LogP) is 1.86. The van der Waals surface area contributed by atoms with E-state index in [2.05, 4.69) is 23.9 Å². The first-order chi connectivity index (χ1) is 6.59. The summed E-state index contributed by atoms with van der Waals surface area (Å²) in [5.74, 6) is 2.85. The highest BCUT2D eigenvalue weighted by Crippen LogP contribution is 2.08. The lowest BCUT2D eigenvalue weighted by molar-refractivity contribution is -0.121. The first-order valence-electron chi connectivity index (χ1n) is 4.98. The van der Waals surface area contributed by atoms with Crippen molar-refractivity contribution in [2.45, 2.75) is 38.4 Å². The van der Waals surface area contributed by atoms with Crippen molar-refractivity contribution >= 4 is 18.5 Å². The minimum absolute atomic E-state index is 0.0176. The first-order valence-corrected chi connectivity index (χ1v) is 5.50. The molecule has 80 valence electrons. The molecule has 1 atom stereocenters. The largest absolute Gasteiger partial charge is 0.355 e. The molecule has 1 N–H and O–H groups in total. The smallest absolute Gasteiger partial charge is 0.233 e. The summed E-state index contributed by atoms with van der Waals surface area (Å²) < 4.78 is 0. The topological polar surface area (TPSA) is 29.1 Å². The third-order valence-electron chi connectivity index (χ3n) is 1.95. The molecule has 14 heavy (non-hydrogen) atoms. The zero-order chi connectivity index (χ0) is 11.0. The molecule has 1 unspecified atom stereocenters. The van der Waals surface area contributed by atoms with E-state index in [0.717, 1.165) is 19.3 Å². The van der Waals surface area contributed by atoms with Crippen LogP contribution in [0.4, 0.5) is 0 Å². The van der Waals surface area contributed by atoms with Gasteiger partial charge in [0, 0.05) is 13.0 Å². The molecule has 0 saturated carbocycles. The molecule has 0 bridgehead atoms. The second-order valence-electron chi connectivity index (χ2n) is 3.64. The molecule has 0 aliphatic rings. The Morgan fingerprint density at radius 3 is 2.64 bits per heavy atom. The van der Waals surface area contributed by atoms with E-state index >= 15 is 0 Å². The van der Waals surface area contributed by atoms with Crippen molar-refractivity contribution in [3.63, 3.8) is 0 Å². The van der Waals surface area contributed by atoms with Gasteiger partial charge in [0.15, 0.2) is 0 Å². The molecule has 0 radical (unpaired) electrons. The van der Waals surface area contributed by atoms with Crippen LogP contribution < -0.4 is 5.32 Å². The quantitative estimate of drug-likeness (QED) is 0.393. The molecule has 0 heterocycles. The monoisotopic (exact) mass is 213 g/mol. The average Bonchev–Trinajstić information content (AvgIpc) is 2.16. The van der Waals surface area contributed by atoms with Crippen molar-refractivity contribution in [3.8, 4) is 12.3 Å². The van der Waals surface area contributed by atoms with E-state index in [0.29, 0.717) is 6.54 Å². The first kappa shape index (κ1) is 13.4. The normalized spacial score (nSPS) is 12.2. The molecular formula is C11H19NOS. The Bertz CT molecular complexity index is 208. The van der Waals surface area contributed by atoms with Crippen molar-refractivity contribution in [1.82, 2.24) is 5.32 Å². The van der Waals surface area contributed by atoms with Gasteiger partial charge in [-0.25, -0.2) is 0 Å². The Labute approximate surface area is 92.3 Å². The van der Waals surface area contributed by atoms with Gasteiger partial charge in [0.05, 0.1) is 5.25 Å². The van der Waals surface area contributed by atoms with Crippen LogP contribution in [0.25, 0.3) is 0 Å². The maximum absolute atomic E-state index is 11.4. The lowest BCUT2D eigenvalue weighted by Gasteiger charge is -2.14. The molecular weight excluding hydrogens is 194 g/mol. The molecule has 0 aromatic heterocycles.